The predicted octanol–water partition coefficient (Wildman–Crippen LogP) is 3.07. The number of likely N-dealkylation sites (N-methyl/N-ethyl adjacent to an activating group) is 1. The molecule has 26 heavy (non-hydrogen) atoms. The van der Waals surface area contributed by atoms with Crippen LogP contribution in [0.1, 0.15) is 44.0 Å². The molecule has 2 aromatic rings. The summed E-state index contributed by atoms with van der Waals surface area (Å²) in [7, 11) is 0. The van der Waals surface area contributed by atoms with E-state index in [0.717, 1.165) is 24.2 Å². The predicted molar refractivity (Wildman–Crippen MR) is 102 cm³/mol. The molecule has 3 rings (SSSR count). The summed E-state index contributed by atoms with van der Waals surface area (Å²) < 4.78 is 2.21. The second kappa shape index (κ2) is 8.21. The van der Waals surface area contributed by atoms with E-state index in [1.165, 1.54) is 0 Å². The van der Waals surface area contributed by atoms with Crippen LogP contribution >= 0.6 is 0 Å². The largest absolute Gasteiger partial charge is 0.348 e. The van der Waals surface area contributed by atoms with Crippen molar-refractivity contribution < 1.29 is 9.59 Å². The number of fused-ring (bicyclic) bond motifs is 1. The van der Waals surface area contributed by atoms with Gasteiger partial charge in [0.15, 0.2) is 0 Å². The molecule has 5 nitrogen and oxygen atoms in total. The van der Waals surface area contributed by atoms with E-state index in [-0.39, 0.29) is 24.4 Å². The molecule has 0 radical (unpaired) electrons. The number of amides is 2. The normalized spacial score (nSPS) is 16.2. The number of nitrogens with zero attached hydrogens (tertiary/aromatic N) is 3. The molecule has 0 fully saturated rings. The summed E-state index contributed by atoms with van der Waals surface area (Å²) >= 11 is 0. The molecule has 0 N–H and O–H groups in total. The van der Waals surface area contributed by atoms with Gasteiger partial charge in [0.25, 0.3) is 0 Å². The van der Waals surface area contributed by atoms with Crippen molar-refractivity contribution in [3.05, 3.63) is 59.9 Å². The zero-order chi connectivity index (χ0) is 18.5. The Morgan fingerprint density at radius 2 is 1.85 bits per heavy atom. The average Bonchev–Trinajstić information content (AvgIpc) is 3.14. The molecule has 2 heterocycles. The molecule has 0 saturated carbocycles. The van der Waals surface area contributed by atoms with Crippen molar-refractivity contribution in [2.24, 2.45) is 0 Å². The van der Waals surface area contributed by atoms with Crippen LogP contribution in [0.25, 0.3) is 0 Å². The Kier molecular flexibility index (Phi) is 5.76. The van der Waals surface area contributed by atoms with Gasteiger partial charge in [-0.05, 0) is 31.0 Å². The number of aromatic nitrogens is 1. The van der Waals surface area contributed by atoms with Gasteiger partial charge < -0.3 is 14.4 Å². The molecule has 2 amide bonds. The lowest BCUT2D eigenvalue weighted by atomic mass is 10.00. The van der Waals surface area contributed by atoms with Crippen LogP contribution in [0.4, 0.5) is 0 Å². The van der Waals surface area contributed by atoms with Crippen LogP contribution in [0.15, 0.2) is 48.7 Å². The molecule has 5 heteroatoms. The lowest BCUT2D eigenvalue weighted by Gasteiger charge is -2.38. The topological polar surface area (TPSA) is 45.6 Å². The highest BCUT2D eigenvalue weighted by molar-refractivity contribution is 5.85. The van der Waals surface area contributed by atoms with Crippen LogP contribution in [0, 0.1) is 0 Å². The molecule has 1 aromatic heterocycles. The minimum atomic E-state index is -0.104. The fraction of sp³-hybridized carbons (Fsp3) is 0.429. The van der Waals surface area contributed by atoms with Gasteiger partial charge in [-0.3, -0.25) is 9.59 Å². The summed E-state index contributed by atoms with van der Waals surface area (Å²) in [6, 6.07) is 14.1. The highest BCUT2D eigenvalue weighted by Gasteiger charge is 2.32. The lowest BCUT2D eigenvalue weighted by molar-refractivity contribution is -0.142. The molecule has 1 aliphatic rings. The van der Waals surface area contributed by atoms with Crippen LogP contribution in [-0.2, 0) is 16.1 Å². The third-order valence-electron chi connectivity index (χ3n) is 5.00. The highest BCUT2D eigenvalue weighted by Crippen LogP contribution is 2.32. The van der Waals surface area contributed by atoms with Gasteiger partial charge in [-0.25, -0.2) is 0 Å². The van der Waals surface area contributed by atoms with E-state index in [1.807, 2.05) is 43.0 Å². The van der Waals surface area contributed by atoms with Gasteiger partial charge in [-0.1, -0.05) is 37.3 Å². The summed E-state index contributed by atoms with van der Waals surface area (Å²) in [5.74, 6) is 0.0672. The van der Waals surface area contributed by atoms with Crippen molar-refractivity contribution in [3.63, 3.8) is 0 Å². The summed E-state index contributed by atoms with van der Waals surface area (Å²) in [5.41, 5.74) is 2.22. The molecule has 0 spiro atoms. The van der Waals surface area contributed by atoms with Gasteiger partial charge in [0.1, 0.15) is 0 Å². The van der Waals surface area contributed by atoms with Crippen molar-refractivity contribution in [1.82, 2.24) is 14.4 Å². The Morgan fingerprint density at radius 3 is 2.54 bits per heavy atom. The Morgan fingerprint density at radius 1 is 1.08 bits per heavy atom. The first-order valence-corrected chi connectivity index (χ1v) is 9.43. The highest BCUT2D eigenvalue weighted by atomic mass is 16.2. The zero-order valence-electron chi connectivity index (χ0n) is 15.6. The number of benzene rings is 1. The standard InChI is InChI=1S/C21H27N3O2/c1-3-9-19(25)22(4-2)16-20(26)24-15-14-23-13-8-12-18(23)21(24)17-10-6-5-7-11-17/h5-8,10-13,21H,3-4,9,14-16H2,1-2H3. The summed E-state index contributed by atoms with van der Waals surface area (Å²) in [6.07, 6.45) is 3.36. The van der Waals surface area contributed by atoms with Crippen LogP contribution in [0.3, 0.4) is 0 Å². The maximum absolute atomic E-state index is 13.1. The second-order valence-electron chi connectivity index (χ2n) is 6.68. The quantitative estimate of drug-likeness (QED) is 0.801. The Labute approximate surface area is 155 Å². The minimum absolute atomic E-state index is 0.0117. The molecule has 1 atom stereocenters. The fourth-order valence-corrected chi connectivity index (χ4v) is 3.64. The molecule has 0 aliphatic carbocycles. The molecule has 0 saturated heterocycles. The third kappa shape index (κ3) is 3.66. The van der Waals surface area contributed by atoms with Gasteiger partial charge in [0.2, 0.25) is 11.8 Å². The summed E-state index contributed by atoms with van der Waals surface area (Å²) in [4.78, 5) is 29.0. The van der Waals surface area contributed by atoms with Gasteiger partial charge in [0, 0.05) is 37.9 Å². The first-order valence-electron chi connectivity index (χ1n) is 9.43. The number of carbonyl (C=O) groups excluding carboxylic acids is 2. The number of carbonyl (C=O) groups is 2. The molecule has 1 unspecified atom stereocenters. The summed E-state index contributed by atoms with van der Waals surface area (Å²) in [5, 5.41) is 0. The second-order valence-corrected chi connectivity index (χ2v) is 6.68. The van der Waals surface area contributed by atoms with E-state index in [4.69, 9.17) is 0 Å². The first-order chi connectivity index (χ1) is 12.7. The van der Waals surface area contributed by atoms with E-state index < -0.39 is 0 Å². The van der Waals surface area contributed by atoms with Crippen molar-refractivity contribution in [3.8, 4) is 0 Å². The SMILES string of the molecule is CCCC(=O)N(CC)CC(=O)N1CCn2cccc2C1c1ccccc1. The monoisotopic (exact) mass is 353 g/mol. The van der Waals surface area contributed by atoms with Crippen LogP contribution in [-0.4, -0.2) is 45.8 Å². The van der Waals surface area contributed by atoms with Gasteiger partial charge >= 0.3 is 0 Å². The Balaban J connectivity index is 1.85. The molecule has 0 bridgehead atoms. The number of hydrogen-bond acceptors (Lipinski definition) is 2. The lowest BCUT2D eigenvalue weighted by Crippen LogP contribution is -2.47. The van der Waals surface area contributed by atoms with E-state index in [2.05, 4.69) is 29.0 Å². The number of rotatable bonds is 6. The van der Waals surface area contributed by atoms with E-state index >= 15 is 0 Å². The molecular formula is C21H27N3O2. The fourth-order valence-electron chi connectivity index (χ4n) is 3.64. The number of hydrogen-bond donors (Lipinski definition) is 0. The van der Waals surface area contributed by atoms with E-state index in [0.29, 0.717) is 19.5 Å². The van der Waals surface area contributed by atoms with Crippen molar-refractivity contribution >= 4 is 11.8 Å². The molecule has 1 aromatic carbocycles. The molecule has 138 valence electrons. The van der Waals surface area contributed by atoms with E-state index in [9.17, 15) is 9.59 Å². The van der Waals surface area contributed by atoms with Crippen molar-refractivity contribution in [2.75, 3.05) is 19.6 Å². The first kappa shape index (κ1) is 18.2. The summed E-state index contributed by atoms with van der Waals surface area (Å²) in [6.45, 7) is 6.06. The molecular weight excluding hydrogens is 326 g/mol. The third-order valence-corrected chi connectivity index (χ3v) is 5.00. The Bertz CT molecular complexity index is 754. The maximum Gasteiger partial charge on any atom is 0.243 e. The maximum atomic E-state index is 13.1. The van der Waals surface area contributed by atoms with Crippen LogP contribution in [0.2, 0.25) is 0 Å². The van der Waals surface area contributed by atoms with Gasteiger partial charge in [0.05, 0.1) is 12.6 Å². The van der Waals surface area contributed by atoms with Gasteiger partial charge in [-0.15, -0.1) is 0 Å². The van der Waals surface area contributed by atoms with Crippen LogP contribution < -0.4 is 0 Å². The van der Waals surface area contributed by atoms with Gasteiger partial charge in [-0.2, -0.15) is 0 Å². The smallest absolute Gasteiger partial charge is 0.243 e. The average molecular weight is 353 g/mol. The minimum Gasteiger partial charge on any atom is -0.348 e. The van der Waals surface area contributed by atoms with E-state index in [1.54, 1.807) is 4.90 Å². The van der Waals surface area contributed by atoms with Crippen LogP contribution in [0.5, 0.6) is 0 Å². The molecule has 1 aliphatic heterocycles. The zero-order valence-corrected chi connectivity index (χ0v) is 15.6. The van der Waals surface area contributed by atoms with Crippen molar-refractivity contribution in [2.45, 2.75) is 39.3 Å². The van der Waals surface area contributed by atoms with Crippen molar-refractivity contribution in [1.29, 1.82) is 0 Å². The Hall–Kier alpha value is -2.56.